The molecule has 2 aromatic heterocycles. The number of anilines is 1. The fourth-order valence-electron chi connectivity index (χ4n) is 2.78. The van der Waals surface area contributed by atoms with E-state index in [-0.39, 0.29) is 12.3 Å². The van der Waals surface area contributed by atoms with Gasteiger partial charge in [0, 0.05) is 39.4 Å². The number of carbonyl (C=O) groups is 1. The van der Waals surface area contributed by atoms with Gasteiger partial charge >= 0.3 is 0 Å². The molecule has 0 fully saturated rings. The maximum atomic E-state index is 11.9. The highest BCUT2D eigenvalue weighted by atomic mass is 32.2. The fourth-order valence-corrected chi connectivity index (χ4v) is 4.49. The summed E-state index contributed by atoms with van der Waals surface area (Å²) in [4.78, 5) is 23.5. The van der Waals surface area contributed by atoms with E-state index < -0.39 is 8.07 Å². The van der Waals surface area contributed by atoms with Gasteiger partial charge in [-0.3, -0.25) is 4.79 Å². The summed E-state index contributed by atoms with van der Waals surface area (Å²) in [7, 11) is -1.10. The van der Waals surface area contributed by atoms with Crippen molar-refractivity contribution in [3.05, 3.63) is 29.7 Å². The van der Waals surface area contributed by atoms with Gasteiger partial charge in [-0.1, -0.05) is 19.6 Å². The molecule has 0 unspecified atom stereocenters. The molecule has 3 rings (SSSR count). The van der Waals surface area contributed by atoms with Crippen molar-refractivity contribution in [2.24, 2.45) is 5.73 Å². The van der Waals surface area contributed by atoms with Gasteiger partial charge in [-0.2, -0.15) is 0 Å². The van der Waals surface area contributed by atoms with Crippen molar-refractivity contribution < 1.29 is 9.53 Å². The summed E-state index contributed by atoms with van der Waals surface area (Å²) in [5.41, 5.74) is 6.34. The third-order valence-electron chi connectivity index (χ3n) is 4.36. The largest absolute Gasteiger partial charge is 0.361 e. The zero-order chi connectivity index (χ0) is 19.4. The van der Waals surface area contributed by atoms with Crippen LogP contribution >= 0.6 is 11.8 Å². The molecule has 3 heterocycles. The maximum absolute atomic E-state index is 11.9. The van der Waals surface area contributed by atoms with E-state index in [1.165, 1.54) is 0 Å². The molecule has 0 radical (unpaired) electrons. The SMILES string of the molecule is C[Si](C)(C)CCOCn1ccc2c(N3C=C(C(=O)CN)SCC3)ncnc21. The number of Topliss-reactive ketones (excluding diaryl/α,β-unsaturated/α-hetero) is 1. The van der Waals surface area contributed by atoms with E-state index >= 15 is 0 Å². The van der Waals surface area contributed by atoms with Crippen LogP contribution in [0.5, 0.6) is 0 Å². The number of carbonyl (C=O) groups excluding carboxylic acids is 1. The average Bonchev–Trinajstić information content (AvgIpc) is 3.07. The molecular weight excluding hydrogens is 378 g/mol. The highest BCUT2D eigenvalue weighted by Gasteiger charge is 2.20. The van der Waals surface area contributed by atoms with E-state index in [4.69, 9.17) is 10.5 Å². The van der Waals surface area contributed by atoms with Gasteiger partial charge in [0.1, 0.15) is 24.5 Å². The Morgan fingerprint density at radius 3 is 2.93 bits per heavy atom. The smallest absolute Gasteiger partial charge is 0.184 e. The topological polar surface area (TPSA) is 86.3 Å². The Balaban J connectivity index is 1.78. The number of aromatic nitrogens is 3. The first-order valence-corrected chi connectivity index (χ1v) is 13.8. The van der Waals surface area contributed by atoms with E-state index in [9.17, 15) is 4.79 Å². The van der Waals surface area contributed by atoms with Crippen LogP contribution in [0.2, 0.25) is 25.7 Å². The molecule has 0 aliphatic carbocycles. The lowest BCUT2D eigenvalue weighted by molar-refractivity contribution is -0.113. The van der Waals surface area contributed by atoms with Crippen LogP contribution in [-0.4, -0.2) is 53.8 Å². The molecule has 2 aromatic rings. The van der Waals surface area contributed by atoms with Gasteiger partial charge in [0.2, 0.25) is 0 Å². The lowest BCUT2D eigenvalue weighted by atomic mass is 10.3. The lowest BCUT2D eigenvalue weighted by Crippen LogP contribution is -2.27. The highest BCUT2D eigenvalue weighted by Crippen LogP contribution is 2.29. The summed E-state index contributed by atoms with van der Waals surface area (Å²) in [6, 6.07) is 3.15. The number of fused-ring (bicyclic) bond motifs is 1. The first-order chi connectivity index (χ1) is 12.9. The molecule has 0 atom stereocenters. The predicted molar refractivity (Wildman–Crippen MR) is 114 cm³/mol. The highest BCUT2D eigenvalue weighted by molar-refractivity contribution is 8.04. The van der Waals surface area contributed by atoms with Crippen molar-refractivity contribution in [2.45, 2.75) is 32.4 Å². The second-order valence-corrected chi connectivity index (χ2v) is 14.5. The Morgan fingerprint density at radius 2 is 2.19 bits per heavy atom. The van der Waals surface area contributed by atoms with Crippen LogP contribution < -0.4 is 10.6 Å². The summed E-state index contributed by atoms with van der Waals surface area (Å²) >= 11 is 1.54. The Kier molecular flexibility index (Phi) is 6.35. The van der Waals surface area contributed by atoms with Crippen LogP contribution in [-0.2, 0) is 16.3 Å². The van der Waals surface area contributed by atoms with E-state index in [1.807, 2.05) is 27.9 Å². The van der Waals surface area contributed by atoms with Crippen molar-refractivity contribution in [2.75, 3.05) is 30.3 Å². The third kappa shape index (κ3) is 4.98. The summed E-state index contributed by atoms with van der Waals surface area (Å²) < 4.78 is 7.86. The van der Waals surface area contributed by atoms with Crippen molar-refractivity contribution in [3.8, 4) is 0 Å². The summed E-state index contributed by atoms with van der Waals surface area (Å²) in [6.45, 7) is 9.09. The standard InChI is InChI=1S/C18H27N5O2SSi/c1-27(2,3)9-7-25-13-23-5-4-14-17(20-12-21-18(14)23)22-6-8-26-16(11-22)15(24)10-19/h4-5,11-12H,6-10,13,19H2,1-3H3. The first kappa shape index (κ1) is 20.1. The van der Waals surface area contributed by atoms with Crippen molar-refractivity contribution in [1.82, 2.24) is 14.5 Å². The molecule has 1 aliphatic heterocycles. The van der Waals surface area contributed by atoms with Gasteiger partial charge in [-0.05, 0) is 12.1 Å². The third-order valence-corrected chi connectivity index (χ3v) is 7.09. The zero-order valence-corrected chi connectivity index (χ0v) is 18.0. The van der Waals surface area contributed by atoms with Crippen molar-refractivity contribution in [1.29, 1.82) is 0 Å². The van der Waals surface area contributed by atoms with E-state index in [0.29, 0.717) is 11.6 Å². The number of nitrogens with zero attached hydrogens (tertiary/aromatic N) is 4. The number of ketones is 1. The maximum Gasteiger partial charge on any atom is 0.184 e. The monoisotopic (exact) mass is 405 g/mol. The minimum atomic E-state index is -1.10. The van der Waals surface area contributed by atoms with Crippen LogP contribution in [0.3, 0.4) is 0 Å². The van der Waals surface area contributed by atoms with Gasteiger partial charge in [0.05, 0.1) is 16.8 Å². The summed E-state index contributed by atoms with van der Waals surface area (Å²) in [6.07, 6.45) is 5.40. The van der Waals surface area contributed by atoms with Gasteiger partial charge in [-0.15, -0.1) is 11.8 Å². The Bertz CT molecular complexity index is 846. The van der Waals surface area contributed by atoms with Crippen LogP contribution in [0.1, 0.15) is 0 Å². The number of nitrogens with two attached hydrogens (primary N) is 1. The van der Waals surface area contributed by atoms with Crippen LogP contribution in [0.15, 0.2) is 29.7 Å². The minimum Gasteiger partial charge on any atom is -0.361 e. The Labute approximate surface area is 165 Å². The molecule has 2 N–H and O–H groups in total. The van der Waals surface area contributed by atoms with E-state index in [1.54, 1.807) is 18.1 Å². The number of thioether (sulfide) groups is 1. The van der Waals surface area contributed by atoms with Gasteiger partial charge in [0.25, 0.3) is 0 Å². The summed E-state index contributed by atoms with van der Waals surface area (Å²) in [5.74, 6) is 1.59. The van der Waals surface area contributed by atoms with Crippen LogP contribution in [0.25, 0.3) is 11.0 Å². The molecular formula is C18H27N5O2SSi. The first-order valence-electron chi connectivity index (χ1n) is 9.11. The number of hydrogen-bond donors (Lipinski definition) is 1. The predicted octanol–water partition coefficient (Wildman–Crippen LogP) is 2.67. The molecule has 0 spiro atoms. The van der Waals surface area contributed by atoms with Crippen molar-refractivity contribution in [3.63, 3.8) is 0 Å². The Morgan fingerprint density at radius 1 is 1.37 bits per heavy atom. The quantitative estimate of drug-likeness (QED) is 0.534. The minimum absolute atomic E-state index is 0.0248. The van der Waals surface area contributed by atoms with Gasteiger partial charge in [-0.25, -0.2) is 9.97 Å². The molecule has 0 aromatic carbocycles. The number of ether oxygens (including phenoxy) is 1. The Hall–Kier alpha value is -1.68. The fraction of sp³-hybridized carbons (Fsp3) is 0.500. The van der Waals surface area contributed by atoms with Crippen molar-refractivity contribution >= 4 is 42.5 Å². The molecule has 1 aliphatic rings. The molecule has 0 amide bonds. The average molecular weight is 406 g/mol. The second kappa shape index (κ2) is 8.55. The van der Waals surface area contributed by atoms with Gasteiger partial charge in [0.15, 0.2) is 5.78 Å². The van der Waals surface area contributed by atoms with E-state index in [0.717, 1.165) is 41.8 Å². The van der Waals surface area contributed by atoms with E-state index in [2.05, 4.69) is 29.6 Å². The lowest BCUT2D eigenvalue weighted by Gasteiger charge is -2.25. The van der Waals surface area contributed by atoms with Crippen LogP contribution in [0.4, 0.5) is 5.82 Å². The number of rotatable bonds is 8. The molecule has 0 saturated carbocycles. The molecule has 7 nitrogen and oxygen atoms in total. The van der Waals surface area contributed by atoms with Crippen LogP contribution in [0, 0.1) is 0 Å². The van der Waals surface area contributed by atoms with Gasteiger partial charge < -0.3 is 19.9 Å². The molecule has 0 bridgehead atoms. The number of hydrogen-bond acceptors (Lipinski definition) is 7. The molecule has 0 saturated heterocycles. The second-order valence-electron chi connectivity index (χ2n) is 7.73. The summed E-state index contributed by atoms with van der Waals surface area (Å²) in [5, 5.41) is 0.953. The molecule has 9 heteroatoms. The zero-order valence-electron chi connectivity index (χ0n) is 16.1. The normalized spacial score (nSPS) is 15.3. The molecule has 27 heavy (non-hydrogen) atoms. The molecule has 146 valence electrons.